The lowest BCUT2D eigenvalue weighted by Crippen LogP contribution is -2.39. The molecular formula is C22H24N4O. The number of carbonyl (C=O) groups is 1. The minimum absolute atomic E-state index is 0.0326. The number of hydrogen-bond donors (Lipinski definition) is 1. The van der Waals surface area contributed by atoms with Crippen LogP contribution in [0.2, 0.25) is 0 Å². The summed E-state index contributed by atoms with van der Waals surface area (Å²) >= 11 is 0. The molecule has 1 aliphatic heterocycles. The lowest BCUT2D eigenvalue weighted by atomic mass is 10.0. The van der Waals surface area contributed by atoms with Crippen molar-refractivity contribution < 1.29 is 4.79 Å². The van der Waals surface area contributed by atoms with Crippen LogP contribution in [0.1, 0.15) is 35.6 Å². The Bertz CT molecular complexity index is 935. The van der Waals surface area contributed by atoms with Crippen molar-refractivity contribution in [3.8, 4) is 0 Å². The lowest BCUT2D eigenvalue weighted by Gasteiger charge is -2.27. The molecule has 1 aromatic carbocycles. The largest absolute Gasteiger partial charge is 0.350 e. The first kappa shape index (κ1) is 17.6. The Morgan fingerprint density at radius 2 is 1.96 bits per heavy atom. The highest BCUT2D eigenvalue weighted by atomic mass is 16.2. The Balaban J connectivity index is 1.58. The van der Waals surface area contributed by atoms with Gasteiger partial charge in [-0.3, -0.25) is 19.7 Å². The Morgan fingerprint density at radius 1 is 1.15 bits per heavy atom. The van der Waals surface area contributed by atoms with Gasteiger partial charge in [0.25, 0.3) is 0 Å². The van der Waals surface area contributed by atoms with Gasteiger partial charge in [0.2, 0.25) is 5.91 Å². The summed E-state index contributed by atoms with van der Waals surface area (Å²) in [4.78, 5) is 24.1. The molecule has 3 aromatic rings. The maximum Gasteiger partial charge on any atom is 0.242 e. The number of likely N-dealkylation sites (tertiary alicyclic amines) is 1. The number of hydrogen-bond acceptors (Lipinski definition) is 4. The van der Waals surface area contributed by atoms with Crippen LogP contribution >= 0.6 is 0 Å². The van der Waals surface area contributed by atoms with Crippen LogP contribution in [0.4, 0.5) is 0 Å². The molecule has 5 nitrogen and oxygen atoms in total. The molecule has 0 bridgehead atoms. The molecule has 0 radical (unpaired) electrons. The number of carbonyl (C=O) groups excluding carboxylic acids is 1. The molecule has 2 aromatic heterocycles. The third-order valence-corrected chi connectivity index (χ3v) is 5.32. The van der Waals surface area contributed by atoms with Crippen LogP contribution in [-0.2, 0) is 11.3 Å². The molecule has 4 rings (SSSR count). The molecule has 1 aliphatic rings. The number of nitrogens with zero attached hydrogens (tertiary/aromatic N) is 3. The van der Waals surface area contributed by atoms with E-state index in [1.165, 1.54) is 0 Å². The first-order valence-electron chi connectivity index (χ1n) is 9.49. The van der Waals surface area contributed by atoms with Crippen LogP contribution in [0.3, 0.4) is 0 Å². The third kappa shape index (κ3) is 3.69. The zero-order valence-electron chi connectivity index (χ0n) is 15.6. The molecule has 1 atom stereocenters. The number of aromatic nitrogens is 2. The zero-order valence-corrected chi connectivity index (χ0v) is 15.6. The SMILES string of the molecule is Cc1ccc2ncccc2c1CNC(=O)C(c1cccnc1)N1CCCC1. The highest BCUT2D eigenvalue weighted by Gasteiger charge is 2.29. The summed E-state index contributed by atoms with van der Waals surface area (Å²) in [5.74, 6) is 0.0326. The molecule has 138 valence electrons. The fourth-order valence-corrected chi connectivity index (χ4v) is 3.89. The minimum Gasteiger partial charge on any atom is -0.350 e. The molecule has 3 heterocycles. The highest BCUT2D eigenvalue weighted by Crippen LogP contribution is 2.26. The summed E-state index contributed by atoms with van der Waals surface area (Å²) < 4.78 is 0. The van der Waals surface area contributed by atoms with E-state index >= 15 is 0 Å². The molecule has 5 heteroatoms. The molecule has 27 heavy (non-hydrogen) atoms. The van der Waals surface area contributed by atoms with Crippen LogP contribution in [0, 0.1) is 6.92 Å². The number of aryl methyl sites for hydroxylation is 1. The van der Waals surface area contributed by atoms with Gasteiger partial charge in [0.05, 0.1) is 5.52 Å². The molecule has 1 saturated heterocycles. The standard InChI is InChI=1S/C22H24N4O/c1-16-8-9-20-18(7-5-11-24-20)19(16)15-25-22(27)21(26-12-2-3-13-26)17-6-4-10-23-14-17/h4-11,14,21H,2-3,12-13,15H2,1H3,(H,25,27). The van der Waals surface area contributed by atoms with Crippen molar-refractivity contribution >= 4 is 16.8 Å². The van der Waals surface area contributed by atoms with Gasteiger partial charge in [0.15, 0.2) is 0 Å². The number of benzene rings is 1. The smallest absolute Gasteiger partial charge is 0.242 e. The van der Waals surface area contributed by atoms with E-state index in [0.717, 1.165) is 53.5 Å². The fourth-order valence-electron chi connectivity index (χ4n) is 3.89. The average molecular weight is 360 g/mol. The number of rotatable bonds is 5. The Hall–Kier alpha value is -2.79. The first-order valence-corrected chi connectivity index (χ1v) is 9.49. The van der Waals surface area contributed by atoms with E-state index in [-0.39, 0.29) is 11.9 Å². The lowest BCUT2D eigenvalue weighted by molar-refractivity contribution is -0.126. The van der Waals surface area contributed by atoms with Gasteiger partial charge in [0.1, 0.15) is 6.04 Å². The van der Waals surface area contributed by atoms with Crippen molar-refractivity contribution in [2.75, 3.05) is 13.1 Å². The second-order valence-corrected chi connectivity index (χ2v) is 7.08. The van der Waals surface area contributed by atoms with Gasteiger partial charge in [0, 0.05) is 30.5 Å². The van der Waals surface area contributed by atoms with Gasteiger partial charge in [-0.2, -0.15) is 0 Å². The van der Waals surface area contributed by atoms with Crippen LogP contribution < -0.4 is 5.32 Å². The van der Waals surface area contributed by atoms with E-state index in [1.54, 1.807) is 18.6 Å². The molecular weight excluding hydrogens is 336 g/mol. The normalized spacial score (nSPS) is 15.7. The summed E-state index contributed by atoms with van der Waals surface area (Å²) in [5, 5.41) is 4.27. The molecule has 0 saturated carbocycles. The summed E-state index contributed by atoms with van der Waals surface area (Å²) in [6.07, 6.45) is 7.62. The van der Waals surface area contributed by atoms with Crippen molar-refractivity contribution in [2.24, 2.45) is 0 Å². The Morgan fingerprint density at radius 3 is 2.74 bits per heavy atom. The van der Waals surface area contributed by atoms with Gasteiger partial charge >= 0.3 is 0 Å². The van der Waals surface area contributed by atoms with Crippen molar-refractivity contribution in [3.63, 3.8) is 0 Å². The molecule has 1 amide bonds. The minimum atomic E-state index is -0.283. The highest BCUT2D eigenvalue weighted by molar-refractivity contribution is 5.86. The van der Waals surface area contributed by atoms with Gasteiger partial charge in [-0.1, -0.05) is 18.2 Å². The topological polar surface area (TPSA) is 58.1 Å². The average Bonchev–Trinajstić information content (AvgIpc) is 3.22. The first-order chi connectivity index (χ1) is 13.2. The van der Waals surface area contributed by atoms with Gasteiger partial charge in [-0.15, -0.1) is 0 Å². The monoisotopic (exact) mass is 360 g/mol. The number of pyridine rings is 2. The quantitative estimate of drug-likeness (QED) is 0.758. The maximum atomic E-state index is 13.2. The summed E-state index contributed by atoms with van der Waals surface area (Å²) in [7, 11) is 0. The predicted molar refractivity (Wildman–Crippen MR) is 106 cm³/mol. The van der Waals surface area contributed by atoms with Gasteiger partial charge in [-0.25, -0.2) is 0 Å². The molecule has 0 spiro atoms. The predicted octanol–water partition coefficient (Wildman–Crippen LogP) is 3.39. The summed E-state index contributed by atoms with van der Waals surface area (Å²) in [5.41, 5.74) is 4.19. The van der Waals surface area contributed by atoms with E-state index in [4.69, 9.17) is 0 Å². The third-order valence-electron chi connectivity index (χ3n) is 5.32. The van der Waals surface area contributed by atoms with E-state index in [1.807, 2.05) is 24.3 Å². The van der Waals surface area contributed by atoms with Gasteiger partial charge < -0.3 is 5.32 Å². The van der Waals surface area contributed by atoms with Gasteiger partial charge in [-0.05, 0) is 67.7 Å². The van der Waals surface area contributed by atoms with Crippen LogP contribution in [0.5, 0.6) is 0 Å². The Labute approximate surface area is 159 Å². The number of amides is 1. The molecule has 1 unspecified atom stereocenters. The second-order valence-electron chi connectivity index (χ2n) is 7.08. The van der Waals surface area contributed by atoms with Crippen LogP contribution in [0.15, 0.2) is 55.0 Å². The van der Waals surface area contributed by atoms with Crippen LogP contribution in [-0.4, -0.2) is 33.9 Å². The molecule has 1 N–H and O–H groups in total. The fraction of sp³-hybridized carbons (Fsp3) is 0.318. The van der Waals surface area contributed by atoms with E-state index in [9.17, 15) is 4.79 Å². The van der Waals surface area contributed by atoms with Crippen molar-refractivity contribution in [1.82, 2.24) is 20.2 Å². The Kier molecular flexibility index (Phi) is 5.12. The second kappa shape index (κ2) is 7.84. The summed E-state index contributed by atoms with van der Waals surface area (Å²) in [6.45, 7) is 4.47. The van der Waals surface area contributed by atoms with Crippen molar-refractivity contribution in [1.29, 1.82) is 0 Å². The number of nitrogens with one attached hydrogen (secondary N) is 1. The van der Waals surface area contributed by atoms with Crippen LogP contribution in [0.25, 0.3) is 10.9 Å². The van der Waals surface area contributed by atoms with Crippen molar-refractivity contribution in [2.45, 2.75) is 32.4 Å². The molecule has 0 aliphatic carbocycles. The van der Waals surface area contributed by atoms with Crippen molar-refractivity contribution in [3.05, 3.63) is 71.7 Å². The maximum absolute atomic E-state index is 13.2. The molecule has 1 fully saturated rings. The summed E-state index contributed by atoms with van der Waals surface area (Å²) in [6, 6.07) is 11.7. The van der Waals surface area contributed by atoms with E-state index in [2.05, 4.69) is 39.2 Å². The van der Waals surface area contributed by atoms with E-state index < -0.39 is 0 Å². The number of fused-ring (bicyclic) bond motifs is 1. The zero-order chi connectivity index (χ0) is 18.6. The van der Waals surface area contributed by atoms with E-state index in [0.29, 0.717) is 6.54 Å².